The fourth-order valence-corrected chi connectivity index (χ4v) is 2.50. The summed E-state index contributed by atoms with van der Waals surface area (Å²) >= 11 is 5.04. The van der Waals surface area contributed by atoms with Crippen LogP contribution in [0.4, 0.5) is 0 Å². The zero-order valence-electron chi connectivity index (χ0n) is 12.0. The summed E-state index contributed by atoms with van der Waals surface area (Å²) in [6.45, 7) is 1.61. The first-order valence-electron chi connectivity index (χ1n) is 6.90. The van der Waals surface area contributed by atoms with E-state index < -0.39 is 30.1 Å². The molecule has 0 radical (unpaired) electrons. The van der Waals surface area contributed by atoms with Gasteiger partial charge in [-0.2, -0.15) is 0 Å². The monoisotopic (exact) mass is 330 g/mol. The number of carbonyl (C=O) groups is 1. The topological polar surface area (TPSA) is 114 Å². The normalized spacial score (nSPS) is 24.4. The fraction of sp³-hybridized carbons (Fsp3) is 0.615. The maximum Gasteiger partial charge on any atom is 0.328 e. The second-order valence-corrected chi connectivity index (χ2v) is 5.33. The van der Waals surface area contributed by atoms with Crippen LogP contribution in [-0.4, -0.2) is 51.2 Å². The van der Waals surface area contributed by atoms with Gasteiger partial charge in [-0.05, 0) is 6.92 Å². The molecule has 0 unspecified atom stereocenters. The Bertz CT molecular complexity index is 655. The number of ether oxygens (including phenoxy) is 2. The van der Waals surface area contributed by atoms with E-state index in [1.165, 1.54) is 10.8 Å². The summed E-state index contributed by atoms with van der Waals surface area (Å²) in [5.41, 5.74) is -0.0769. The molecule has 1 aromatic rings. The lowest BCUT2D eigenvalue weighted by atomic mass is 10.2. The number of hydrogen-bond donors (Lipinski definition) is 3. The Hall–Kier alpha value is -1.55. The van der Waals surface area contributed by atoms with E-state index in [2.05, 4.69) is 4.98 Å². The molecule has 1 aromatic heterocycles. The number of rotatable bonds is 5. The predicted octanol–water partition coefficient (Wildman–Crippen LogP) is -0.348. The van der Waals surface area contributed by atoms with Crippen molar-refractivity contribution < 1.29 is 24.5 Å². The standard InChI is InChI=1S/C13H18N2O6S/c1-2-20-11(18)3-7-5-15(13(19)14-12(7)22)10-4-8(17)9(6-16)21-10/h5,8-10,16-17H,2-4,6H2,1H3,(H,14,19,22)/t8-,9+,10+/m0/s1. The molecule has 9 heteroatoms. The minimum Gasteiger partial charge on any atom is -0.466 e. The van der Waals surface area contributed by atoms with Crippen molar-refractivity contribution in [3.8, 4) is 0 Å². The molecule has 3 atom stereocenters. The van der Waals surface area contributed by atoms with E-state index >= 15 is 0 Å². The van der Waals surface area contributed by atoms with Crippen LogP contribution in [0, 0.1) is 4.64 Å². The zero-order chi connectivity index (χ0) is 16.3. The molecule has 0 spiro atoms. The first-order valence-corrected chi connectivity index (χ1v) is 7.31. The second-order valence-electron chi connectivity index (χ2n) is 4.92. The smallest absolute Gasteiger partial charge is 0.328 e. The molecular weight excluding hydrogens is 312 g/mol. The Kier molecular flexibility index (Phi) is 5.46. The molecule has 0 amide bonds. The third kappa shape index (κ3) is 3.61. The van der Waals surface area contributed by atoms with Gasteiger partial charge in [0.25, 0.3) is 0 Å². The number of H-pyrrole nitrogens is 1. The lowest BCUT2D eigenvalue weighted by molar-refractivity contribution is -0.142. The minimum absolute atomic E-state index is 0.0673. The molecule has 1 fully saturated rings. The first-order chi connectivity index (χ1) is 10.5. The summed E-state index contributed by atoms with van der Waals surface area (Å²) in [5, 5.41) is 18.8. The van der Waals surface area contributed by atoms with Gasteiger partial charge >= 0.3 is 11.7 Å². The van der Waals surface area contributed by atoms with Crippen molar-refractivity contribution in [1.29, 1.82) is 0 Å². The van der Waals surface area contributed by atoms with E-state index in [1.54, 1.807) is 6.92 Å². The van der Waals surface area contributed by atoms with Gasteiger partial charge in [-0.3, -0.25) is 14.3 Å². The van der Waals surface area contributed by atoms with Gasteiger partial charge < -0.3 is 19.7 Å². The molecule has 2 heterocycles. The largest absolute Gasteiger partial charge is 0.466 e. The van der Waals surface area contributed by atoms with Crippen molar-refractivity contribution in [2.24, 2.45) is 0 Å². The summed E-state index contributed by atoms with van der Waals surface area (Å²) in [6.07, 6.45) is -0.814. The van der Waals surface area contributed by atoms with Crippen LogP contribution in [0.5, 0.6) is 0 Å². The highest BCUT2D eigenvalue weighted by atomic mass is 32.1. The highest BCUT2D eigenvalue weighted by Crippen LogP contribution is 2.27. The molecule has 3 N–H and O–H groups in total. The van der Waals surface area contributed by atoms with Crippen LogP contribution in [-0.2, 0) is 20.7 Å². The molecule has 1 aliphatic rings. The summed E-state index contributed by atoms with van der Waals surface area (Å²) in [5.74, 6) is -0.451. The molecule has 0 aliphatic carbocycles. The fourth-order valence-electron chi connectivity index (χ4n) is 2.28. The van der Waals surface area contributed by atoms with E-state index in [0.29, 0.717) is 5.56 Å². The molecule has 2 rings (SSSR count). The average molecular weight is 330 g/mol. The average Bonchev–Trinajstić information content (AvgIpc) is 2.83. The predicted molar refractivity (Wildman–Crippen MR) is 77.8 cm³/mol. The summed E-state index contributed by atoms with van der Waals surface area (Å²) in [4.78, 5) is 26.0. The number of aromatic amines is 1. The van der Waals surface area contributed by atoms with Gasteiger partial charge in [0.15, 0.2) is 0 Å². The third-order valence-electron chi connectivity index (χ3n) is 3.38. The number of nitrogens with one attached hydrogen (secondary N) is 1. The van der Waals surface area contributed by atoms with E-state index in [9.17, 15) is 14.7 Å². The quantitative estimate of drug-likeness (QED) is 0.499. The number of aliphatic hydroxyl groups is 2. The Balaban J connectivity index is 2.27. The van der Waals surface area contributed by atoms with Gasteiger partial charge in [0, 0.05) is 18.2 Å². The lowest BCUT2D eigenvalue weighted by Crippen LogP contribution is -2.29. The Morgan fingerprint density at radius 3 is 2.95 bits per heavy atom. The van der Waals surface area contributed by atoms with Crippen LogP contribution in [0.2, 0.25) is 0 Å². The number of nitrogens with zero attached hydrogens (tertiary/aromatic N) is 1. The molecule has 0 saturated carbocycles. The second kappa shape index (κ2) is 7.14. The van der Waals surface area contributed by atoms with E-state index in [0.717, 1.165) is 0 Å². The van der Waals surface area contributed by atoms with E-state index in [4.69, 9.17) is 26.8 Å². The van der Waals surface area contributed by atoms with Crippen molar-refractivity contribution in [2.45, 2.75) is 38.2 Å². The van der Waals surface area contributed by atoms with Crippen LogP contribution < -0.4 is 5.69 Å². The number of carbonyl (C=O) groups excluding carboxylic acids is 1. The van der Waals surface area contributed by atoms with Gasteiger partial charge in [0.05, 0.1) is 25.7 Å². The molecule has 22 heavy (non-hydrogen) atoms. The SMILES string of the molecule is CCOC(=O)Cc1cn([C@H]2C[C@H](O)[C@@H](CO)O2)c(=O)[nH]c1=S. The van der Waals surface area contributed by atoms with Crippen LogP contribution in [0.3, 0.4) is 0 Å². The highest BCUT2D eigenvalue weighted by molar-refractivity contribution is 7.71. The van der Waals surface area contributed by atoms with Crippen LogP contribution in [0.1, 0.15) is 25.1 Å². The van der Waals surface area contributed by atoms with E-state index in [1.807, 2.05) is 0 Å². The molecule has 122 valence electrons. The number of hydrogen-bond acceptors (Lipinski definition) is 7. The molecule has 1 aliphatic heterocycles. The highest BCUT2D eigenvalue weighted by Gasteiger charge is 2.35. The van der Waals surface area contributed by atoms with Crippen LogP contribution in [0.25, 0.3) is 0 Å². The van der Waals surface area contributed by atoms with E-state index in [-0.39, 0.29) is 30.7 Å². The lowest BCUT2D eigenvalue weighted by Gasteiger charge is -2.15. The van der Waals surface area contributed by atoms with Crippen molar-refractivity contribution >= 4 is 18.2 Å². The van der Waals surface area contributed by atoms with Gasteiger partial charge in [-0.15, -0.1) is 0 Å². The van der Waals surface area contributed by atoms with Crippen LogP contribution in [0.15, 0.2) is 11.0 Å². The van der Waals surface area contributed by atoms with Gasteiger partial charge in [0.1, 0.15) is 17.0 Å². The molecular formula is C13H18N2O6S. The van der Waals surface area contributed by atoms with Gasteiger partial charge in [-0.1, -0.05) is 12.2 Å². The number of aromatic nitrogens is 2. The van der Waals surface area contributed by atoms with Crippen molar-refractivity contribution in [3.63, 3.8) is 0 Å². The zero-order valence-corrected chi connectivity index (χ0v) is 12.8. The van der Waals surface area contributed by atoms with Crippen molar-refractivity contribution in [1.82, 2.24) is 9.55 Å². The number of aliphatic hydroxyl groups excluding tert-OH is 2. The maximum absolute atomic E-state index is 12.0. The molecule has 0 aromatic carbocycles. The number of esters is 1. The Labute approximate surface area is 131 Å². The minimum atomic E-state index is -0.862. The molecule has 8 nitrogen and oxygen atoms in total. The summed E-state index contributed by atoms with van der Waals surface area (Å²) in [6, 6.07) is 0. The third-order valence-corrected chi connectivity index (χ3v) is 3.74. The summed E-state index contributed by atoms with van der Waals surface area (Å²) in [7, 11) is 0. The maximum atomic E-state index is 12.0. The van der Waals surface area contributed by atoms with Crippen molar-refractivity contribution in [3.05, 3.63) is 26.9 Å². The van der Waals surface area contributed by atoms with Gasteiger partial charge in [0.2, 0.25) is 0 Å². The molecule has 1 saturated heterocycles. The summed E-state index contributed by atoms with van der Waals surface area (Å²) < 4.78 is 11.7. The Morgan fingerprint density at radius 2 is 2.36 bits per heavy atom. The van der Waals surface area contributed by atoms with Crippen molar-refractivity contribution in [2.75, 3.05) is 13.2 Å². The van der Waals surface area contributed by atoms with Crippen LogP contribution >= 0.6 is 12.2 Å². The Morgan fingerprint density at radius 1 is 1.64 bits per heavy atom. The first kappa shape index (κ1) is 16.8. The van der Waals surface area contributed by atoms with Gasteiger partial charge in [-0.25, -0.2) is 4.79 Å². The molecule has 0 bridgehead atoms.